The largest absolute Gasteiger partial charge is 0.347 e. The van der Waals surface area contributed by atoms with Gasteiger partial charge >= 0.3 is 0 Å². The van der Waals surface area contributed by atoms with Crippen molar-refractivity contribution in [3.05, 3.63) is 41.2 Å². The van der Waals surface area contributed by atoms with E-state index in [0.29, 0.717) is 34.1 Å². The first-order valence-corrected chi connectivity index (χ1v) is 12.2. The van der Waals surface area contributed by atoms with Crippen molar-refractivity contribution in [2.24, 2.45) is 0 Å². The summed E-state index contributed by atoms with van der Waals surface area (Å²) in [5.41, 5.74) is 2.86. The fourth-order valence-electron chi connectivity index (χ4n) is 3.96. The zero-order valence-electron chi connectivity index (χ0n) is 18.0. The van der Waals surface area contributed by atoms with Crippen molar-refractivity contribution in [2.45, 2.75) is 18.8 Å². The van der Waals surface area contributed by atoms with Crippen molar-refractivity contribution in [1.29, 1.82) is 0 Å². The summed E-state index contributed by atoms with van der Waals surface area (Å²) in [7, 11) is 3.82. The van der Waals surface area contributed by atoms with Crippen LogP contribution in [-0.4, -0.2) is 75.4 Å². The molecule has 2 aromatic rings. The molecule has 0 bridgehead atoms. The van der Waals surface area contributed by atoms with Crippen molar-refractivity contribution >= 4 is 57.7 Å². The van der Waals surface area contributed by atoms with Crippen LogP contribution in [0, 0.1) is 0 Å². The van der Waals surface area contributed by atoms with Gasteiger partial charge in [0.05, 0.1) is 11.4 Å². The quantitative estimate of drug-likeness (QED) is 0.596. The average molecular weight is 490 g/mol. The number of halogens is 1. The third-order valence-electron chi connectivity index (χ3n) is 5.66. The number of carbonyl (C=O) groups is 2. The predicted octanol–water partition coefficient (Wildman–Crippen LogP) is 3.43. The maximum atomic E-state index is 13.0. The number of thiocarbonyl (C=S) groups is 1. The van der Waals surface area contributed by atoms with E-state index < -0.39 is 0 Å². The highest BCUT2D eigenvalue weighted by Gasteiger charge is 2.33. The van der Waals surface area contributed by atoms with Crippen LogP contribution in [0.5, 0.6) is 0 Å². The molecule has 10 heteroatoms. The fourth-order valence-corrected chi connectivity index (χ4v) is 5.15. The molecule has 2 aliphatic rings. The molecule has 0 spiro atoms. The van der Waals surface area contributed by atoms with Crippen molar-refractivity contribution in [3.8, 4) is 11.1 Å². The Morgan fingerprint density at radius 1 is 1.31 bits per heavy atom. The number of aromatic nitrogens is 2. The Morgan fingerprint density at radius 2 is 2.06 bits per heavy atom. The molecular weight excluding hydrogens is 466 g/mol. The minimum absolute atomic E-state index is 0.00809. The van der Waals surface area contributed by atoms with Crippen LogP contribution in [0.3, 0.4) is 0 Å². The van der Waals surface area contributed by atoms with Crippen LogP contribution >= 0.6 is 35.6 Å². The zero-order valence-corrected chi connectivity index (χ0v) is 20.3. The standard InChI is InChI=1S/C22H24ClN5O2S2/c1-26(2)21-24-10-17(14-5-7-16(23)8-6-14)20(25-21)15-4-3-9-27(11-15)18(29)12-28-19(30)13-32-22(28)31/h5-8,10,15H,3-4,9,11-13H2,1-2H3/t15-/m0/s1. The highest BCUT2D eigenvalue weighted by atomic mass is 35.5. The van der Waals surface area contributed by atoms with Gasteiger partial charge in [0.25, 0.3) is 0 Å². The van der Waals surface area contributed by atoms with Crippen molar-refractivity contribution in [1.82, 2.24) is 19.8 Å². The lowest BCUT2D eigenvalue weighted by Crippen LogP contribution is -2.46. The van der Waals surface area contributed by atoms with Gasteiger partial charge in [0.15, 0.2) is 0 Å². The van der Waals surface area contributed by atoms with Crippen molar-refractivity contribution in [2.75, 3.05) is 44.4 Å². The second-order valence-corrected chi connectivity index (χ2v) is 10.1. The summed E-state index contributed by atoms with van der Waals surface area (Å²) in [5, 5.41) is 0.670. The van der Waals surface area contributed by atoms with Crippen molar-refractivity contribution < 1.29 is 9.59 Å². The monoisotopic (exact) mass is 489 g/mol. The number of piperidine rings is 1. The predicted molar refractivity (Wildman–Crippen MR) is 132 cm³/mol. The SMILES string of the molecule is CN(C)c1ncc(-c2ccc(Cl)cc2)c([C@H]2CCCN(C(=O)CN3C(=O)CSC3=S)C2)n1. The molecule has 1 atom stereocenters. The van der Waals surface area contributed by atoms with Gasteiger partial charge in [-0.05, 0) is 30.5 Å². The molecule has 0 unspecified atom stereocenters. The maximum Gasteiger partial charge on any atom is 0.242 e. The Morgan fingerprint density at radius 3 is 2.72 bits per heavy atom. The molecule has 3 heterocycles. The molecule has 0 N–H and O–H groups in total. The Kier molecular flexibility index (Phi) is 6.97. The molecule has 1 aromatic carbocycles. The summed E-state index contributed by atoms with van der Waals surface area (Å²) < 4.78 is 0.480. The van der Waals surface area contributed by atoms with E-state index in [9.17, 15) is 9.59 Å². The van der Waals surface area contributed by atoms with Gasteiger partial charge in [-0.3, -0.25) is 14.5 Å². The zero-order chi connectivity index (χ0) is 22.8. The van der Waals surface area contributed by atoms with Crippen LogP contribution in [0.1, 0.15) is 24.5 Å². The number of hydrogen-bond acceptors (Lipinski definition) is 7. The third kappa shape index (κ3) is 4.89. The highest BCUT2D eigenvalue weighted by Crippen LogP contribution is 2.34. The van der Waals surface area contributed by atoms with E-state index in [1.165, 1.54) is 16.7 Å². The summed E-state index contributed by atoms with van der Waals surface area (Å²) >= 11 is 12.6. The topological polar surface area (TPSA) is 69.6 Å². The number of amides is 2. The van der Waals surface area contributed by atoms with Gasteiger partial charge < -0.3 is 9.80 Å². The molecular formula is C22H24ClN5O2S2. The summed E-state index contributed by atoms with van der Waals surface area (Å²) in [6, 6.07) is 7.63. The number of benzene rings is 1. The third-order valence-corrected chi connectivity index (χ3v) is 7.34. The minimum atomic E-state index is -0.0987. The van der Waals surface area contributed by atoms with Crippen LogP contribution < -0.4 is 4.90 Å². The molecule has 2 saturated heterocycles. The Balaban J connectivity index is 1.59. The van der Waals surface area contributed by atoms with Gasteiger partial charge in [-0.1, -0.05) is 47.7 Å². The normalized spacial score (nSPS) is 18.9. The molecule has 2 aliphatic heterocycles. The summed E-state index contributed by atoms with van der Waals surface area (Å²) in [4.78, 5) is 39.5. The second kappa shape index (κ2) is 9.72. The lowest BCUT2D eigenvalue weighted by atomic mass is 9.90. The first kappa shape index (κ1) is 22.9. The fraction of sp³-hybridized carbons (Fsp3) is 0.409. The number of carbonyl (C=O) groups excluding carboxylic acids is 2. The number of rotatable bonds is 5. The maximum absolute atomic E-state index is 13.0. The van der Waals surface area contributed by atoms with Crippen LogP contribution in [0.4, 0.5) is 5.95 Å². The van der Waals surface area contributed by atoms with E-state index in [1.54, 1.807) is 0 Å². The van der Waals surface area contributed by atoms with Gasteiger partial charge in [0.1, 0.15) is 10.9 Å². The molecule has 168 valence electrons. The molecule has 32 heavy (non-hydrogen) atoms. The van der Waals surface area contributed by atoms with E-state index in [2.05, 4.69) is 4.98 Å². The van der Waals surface area contributed by atoms with Crippen molar-refractivity contribution in [3.63, 3.8) is 0 Å². The number of anilines is 1. The number of hydrogen-bond donors (Lipinski definition) is 0. The van der Waals surface area contributed by atoms with E-state index >= 15 is 0 Å². The van der Waals surface area contributed by atoms with Crippen LogP contribution in [-0.2, 0) is 9.59 Å². The number of thioether (sulfide) groups is 1. The molecule has 2 amide bonds. The van der Waals surface area contributed by atoms with Crippen LogP contribution in [0.15, 0.2) is 30.5 Å². The first-order chi connectivity index (χ1) is 15.3. The molecule has 0 saturated carbocycles. The molecule has 0 aliphatic carbocycles. The Hall–Kier alpha value is -2.23. The summed E-state index contributed by atoms with van der Waals surface area (Å²) in [6.07, 6.45) is 3.64. The molecule has 7 nitrogen and oxygen atoms in total. The first-order valence-electron chi connectivity index (χ1n) is 10.4. The molecule has 4 rings (SSSR count). The van der Waals surface area contributed by atoms with Gasteiger partial charge in [0, 0.05) is 49.9 Å². The van der Waals surface area contributed by atoms with Crippen LogP contribution in [0.25, 0.3) is 11.1 Å². The molecule has 1 aromatic heterocycles. The summed E-state index contributed by atoms with van der Waals surface area (Å²) in [6.45, 7) is 1.22. The smallest absolute Gasteiger partial charge is 0.242 e. The van der Waals surface area contributed by atoms with Gasteiger partial charge in [-0.2, -0.15) is 0 Å². The molecule has 0 radical (unpaired) electrons. The lowest BCUT2D eigenvalue weighted by Gasteiger charge is -2.34. The Bertz CT molecular complexity index is 1030. The average Bonchev–Trinajstić information content (AvgIpc) is 3.11. The van der Waals surface area contributed by atoms with E-state index in [1.807, 2.05) is 54.4 Å². The van der Waals surface area contributed by atoms with E-state index in [0.717, 1.165) is 29.7 Å². The lowest BCUT2D eigenvalue weighted by molar-refractivity contribution is -0.136. The van der Waals surface area contributed by atoms with E-state index in [4.69, 9.17) is 28.8 Å². The van der Waals surface area contributed by atoms with E-state index in [-0.39, 0.29) is 24.3 Å². The minimum Gasteiger partial charge on any atom is -0.347 e. The molecule has 2 fully saturated rings. The second-order valence-electron chi connectivity index (χ2n) is 8.08. The summed E-state index contributed by atoms with van der Waals surface area (Å²) in [5.74, 6) is 0.830. The highest BCUT2D eigenvalue weighted by molar-refractivity contribution is 8.23. The van der Waals surface area contributed by atoms with Gasteiger partial charge in [0.2, 0.25) is 17.8 Å². The Labute approximate surface area is 202 Å². The number of nitrogens with zero attached hydrogens (tertiary/aromatic N) is 5. The number of likely N-dealkylation sites (tertiary alicyclic amines) is 1. The van der Waals surface area contributed by atoms with Crippen LogP contribution in [0.2, 0.25) is 5.02 Å². The van der Waals surface area contributed by atoms with Gasteiger partial charge in [-0.15, -0.1) is 0 Å². The van der Waals surface area contributed by atoms with Gasteiger partial charge in [-0.25, -0.2) is 9.97 Å².